The first-order chi connectivity index (χ1) is 32.0. The average Bonchev–Trinajstić information content (AvgIpc) is 3.30. The molecular weight excluding hydrogens is 805 g/mol. The molecule has 65 heavy (non-hydrogen) atoms. The summed E-state index contributed by atoms with van der Waals surface area (Å²) in [6.45, 7) is 6.17. The van der Waals surface area contributed by atoms with Gasteiger partial charge in [0.25, 0.3) is 0 Å². The van der Waals surface area contributed by atoms with Crippen molar-refractivity contribution in [3.05, 3.63) is 134 Å². The van der Waals surface area contributed by atoms with Gasteiger partial charge in [0, 0.05) is 19.3 Å². The van der Waals surface area contributed by atoms with Crippen LogP contribution in [0, 0.1) is 0 Å². The second kappa shape index (κ2) is 52.2. The molecular formula is C59H92O6. The molecule has 0 fully saturated rings. The fourth-order valence-electron chi connectivity index (χ4n) is 6.40. The van der Waals surface area contributed by atoms with Crippen molar-refractivity contribution in [1.29, 1.82) is 0 Å². The first kappa shape index (κ1) is 60.5. The van der Waals surface area contributed by atoms with Gasteiger partial charge in [-0.25, -0.2) is 0 Å². The molecule has 0 spiro atoms. The minimum Gasteiger partial charge on any atom is -0.462 e. The zero-order chi connectivity index (χ0) is 47.2. The number of carbonyl (C=O) groups excluding carboxylic acids is 3. The third-order valence-electron chi connectivity index (χ3n) is 10.1. The van der Waals surface area contributed by atoms with Crippen molar-refractivity contribution in [2.75, 3.05) is 13.2 Å². The highest BCUT2D eigenvalue weighted by Gasteiger charge is 2.19. The predicted molar refractivity (Wildman–Crippen MR) is 279 cm³/mol. The Morgan fingerprint density at radius 1 is 0.308 bits per heavy atom. The van der Waals surface area contributed by atoms with Crippen molar-refractivity contribution >= 4 is 17.9 Å². The van der Waals surface area contributed by atoms with Crippen molar-refractivity contribution in [3.8, 4) is 0 Å². The normalized spacial score (nSPS) is 13.2. The Hall–Kier alpha value is -4.45. The zero-order valence-electron chi connectivity index (χ0n) is 41.4. The van der Waals surface area contributed by atoms with E-state index in [1.54, 1.807) is 0 Å². The van der Waals surface area contributed by atoms with Gasteiger partial charge in [0.15, 0.2) is 6.10 Å². The van der Waals surface area contributed by atoms with Crippen molar-refractivity contribution < 1.29 is 28.6 Å². The number of esters is 3. The number of hydrogen-bond donors (Lipinski definition) is 0. The molecule has 0 aliphatic carbocycles. The van der Waals surface area contributed by atoms with Gasteiger partial charge in [0.1, 0.15) is 13.2 Å². The van der Waals surface area contributed by atoms with E-state index in [9.17, 15) is 14.4 Å². The molecule has 0 aromatic heterocycles. The van der Waals surface area contributed by atoms with Gasteiger partial charge in [-0.2, -0.15) is 0 Å². The summed E-state index contributed by atoms with van der Waals surface area (Å²) in [4.78, 5) is 37.9. The van der Waals surface area contributed by atoms with E-state index in [1.807, 2.05) is 12.2 Å². The van der Waals surface area contributed by atoms with Crippen molar-refractivity contribution in [2.24, 2.45) is 0 Å². The SMILES string of the molecule is CC/C=C\C/C=C\C/C=C\C/C=C\C/C=C\C/C=C\CCC(=O)OCC(COC(=O)CCCC/C=C\C/C=C\CC)OC(=O)CCCCCCCCCCC/C=C\C/C=C\C/C=C\CC. The van der Waals surface area contributed by atoms with Crippen molar-refractivity contribution in [3.63, 3.8) is 0 Å². The molecule has 0 aromatic carbocycles. The summed E-state index contributed by atoms with van der Waals surface area (Å²) in [7, 11) is 0. The molecule has 0 N–H and O–H groups in total. The highest BCUT2D eigenvalue weighted by atomic mass is 16.6. The molecule has 0 bridgehead atoms. The molecule has 0 aliphatic rings. The van der Waals surface area contributed by atoms with E-state index >= 15 is 0 Å². The smallest absolute Gasteiger partial charge is 0.306 e. The first-order valence-corrected chi connectivity index (χ1v) is 25.7. The molecule has 6 nitrogen and oxygen atoms in total. The van der Waals surface area contributed by atoms with Gasteiger partial charge < -0.3 is 14.2 Å². The molecule has 1 atom stereocenters. The van der Waals surface area contributed by atoms with Gasteiger partial charge in [0.05, 0.1) is 0 Å². The second-order valence-corrected chi connectivity index (χ2v) is 16.3. The fraction of sp³-hybridized carbons (Fsp3) is 0.576. The first-order valence-electron chi connectivity index (χ1n) is 25.7. The zero-order valence-corrected chi connectivity index (χ0v) is 41.4. The summed E-state index contributed by atoms with van der Waals surface area (Å²) in [6, 6.07) is 0. The number of ether oxygens (including phenoxy) is 3. The van der Waals surface area contributed by atoms with Crippen LogP contribution < -0.4 is 0 Å². The number of unbranched alkanes of at least 4 members (excludes halogenated alkanes) is 11. The van der Waals surface area contributed by atoms with E-state index in [-0.39, 0.29) is 37.5 Å². The lowest BCUT2D eigenvalue weighted by molar-refractivity contribution is -0.166. The summed E-state index contributed by atoms with van der Waals surface area (Å²) in [5.74, 6) is -1.06. The summed E-state index contributed by atoms with van der Waals surface area (Å²) < 4.78 is 16.7. The molecule has 0 aliphatic heterocycles. The summed E-state index contributed by atoms with van der Waals surface area (Å²) in [6.07, 6.45) is 73.2. The molecule has 6 heteroatoms. The Balaban J connectivity index is 4.48. The van der Waals surface area contributed by atoms with Crippen LogP contribution in [-0.2, 0) is 28.6 Å². The molecule has 0 saturated carbocycles. The van der Waals surface area contributed by atoms with E-state index in [2.05, 4.69) is 142 Å². The number of allylic oxidation sites excluding steroid dienone is 22. The predicted octanol–water partition coefficient (Wildman–Crippen LogP) is 17.1. The highest BCUT2D eigenvalue weighted by Crippen LogP contribution is 2.13. The van der Waals surface area contributed by atoms with Crippen molar-refractivity contribution in [2.45, 2.75) is 207 Å². The molecule has 0 aromatic rings. The van der Waals surface area contributed by atoms with Crippen LogP contribution in [0.2, 0.25) is 0 Å². The maximum absolute atomic E-state index is 12.8. The number of carbonyl (C=O) groups is 3. The van der Waals surface area contributed by atoms with Gasteiger partial charge in [-0.3, -0.25) is 14.4 Å². The minimum atomic E-state index is -0.828. The third-order valence-corrected chi connectivity index (χ3v) is 10.1. The molecule has 0 saturated heterocycles. The lowest BCUT2D eigenvalue weighted by Crippen LogP contribution is -2.30. The monoisotopic (exact) mass is 897 g/mol. The lowest BCUT2D eigenvalue weighted by Gasteiger charge is -2.18. The maximum atomic E-state index is 12.8. The average molecular weight is 897 g/mol. The van der Waals surface area contributed by atoms with Gasteiger partial charge >= 0.3 is 17.9 Å². The Morgan fingerprint density at radius 2 is 0.585 bits per heavy atom. The number of rotatable bonds is 44. The largest absolute Gasteiger partial charge is 0.462 e. The van der Waals surface area contributed by atoms with Crippen LogP contribution in [0.1, 0.15) is 201 Å². The van der Waals surface area contributed by atoms with Crippen LogP contribution >= 0.6 is 0 Å². The minimum absolute atomic E-state index is 0.125. The second-order valence-electron chi connectivity index (χ2n) is 16.3. The summed E-state index contributed by atoms with van der Waals surface area (Å²) >= 11 is 0. The topological polar surface area (TPSA) is 78.9 Å². The molecule has 0 amide bonds. The molecule has 1 unspecified atom stereocenters. The van der Waals surface area contributed by atoms with Crippen LogP contribution in [0.3, 0.4) is 0 Å². The fourth-order valence-corrected chi connectivity index (χ4v) is 6.40. The van der Waals surface area contributed by atoms with Gasteiger partial charge in [0.2, 0.25) is 0 Å². The molecule has 0 rings (SSSR count). The molecule has 0 heterocycles. The Morgan fingerprint density at radius 3 is 0.985 bits per heavy atom. The van der Waals surface area contributed by atoms with Crippen LogP contribution in [0.4, 0.5) is 0 Å². The van der Waals surface area contributed by atoms with Gasteiger partial charge in [-0.05, 0) is 116 Å². The van der Waals surface area contributed by atoms with Crippen LogP contribution in [0.5, 0.6) is 0 Å². The van der Waals surface area contributed by atoms with Crippen LogP contribution in [0.15, 0.2) is 134 Å². The third kappa shape index (κ3) is 50.4. The standard InChI is InChI=1S/C59H92O6/c1-4-7-10-13-16-19-21-23-25-27-29-31-33-35-37-40-43-46-49-52-58(61)64-55-56(54-63-57(60)51-48-45-42-39-18-15-12-9-6-3)65-59(62)53-50-47-44-41-38-36-34-32-30-28-26-24-22-20-17-14-11-8-5-2/h7-12,16-20,23-26,29,31,35,37,39,43,46,56H,4-6,13-15,21-22,27-28,30,32-34,36,38,40-42,44-45,47-55H2,1-3H3/b10-7-,11-8-,12-9-,19-16-,20-17-,25-23-,26-24-,31-29-,37-35-,39-18-,46-43-. The Labute approximate surface area is 398 Å². The van der Waals surface area contributed by atoms with Gasteiger partial charge in [-0.1, -0.05) is 199 Å². The number of hydrogen-bond acceptors (Lipinski definition) is 6. The van der Waals surface area contributed by atoms with Crippen LogP contribution in [-0.4, -0.2) is 37.2 Å². The lowest BCUT2D eigenvalue weighted by atomic mass is 10.1. The van der Waals surface area contributed by atoms with E-state index in [1.165, 1.54) is 38.5 Å². The van der Waals surface area contributed by atoms with E-state index < -0.39 is 6.10 Å². The van der Waals surface area contributed by atoms with Crippen molar-refractivity contribution in [1.82, 2.24) is 0 Å². The van der Waals surface area contributed by atoms with Crippen LogP contribution in [0.25, 0.3) is 0 Å². The quantitative estimate of drug-likeness (QED) is 0.0262. The summed E-state index contributed by atoms with van der Waals surface area (Å²) in [5.41, 5.74) is 0. The Kier molecular flexibility index (Phi) is 48.6. The molecule has 0 radical (unpaired) electrons. The summed E-state index contributed by atoms with van der Waals surface area (Å²) in [5, 5.41) is 0. The molecule has 364 valence electrons. The highest BCUT2D eigenvalue weighted by molar-refractivity contribution is 5.71. The maximum Gasteiger partial charge on any atom is 0.306 e. The van der Waals surface area contributed by atoms with E-state index in [0.717, 1.165) is 116 Å². The van der Waals surface area contributed by atoms with E-state index in [4.69, 9.17) is 14.2 Å². The Bertz CT molecular complexity index is 1450. The van der Waals surface area contributed by atoms with E-state index in [0.29, 0.717) is 19.3 Å². The van der Waals surface area contributed by atoms with Gasteiger partial charge in [-0.15, -0.1) is 0 Å².